The van der Waals surface area contributed by atoms with Gasteiger partial charge in [0.15, 0.2) is 0 Å². The fourth-order valence-corrected chi connectivity index (χ4v) is 2.53. The van der Waals surface area contributed by atoms with E-state index < -0.39 is 7.60 Å². The van der Waals surface area contributed by atoms with Crippen molar-refractivity contribution in [2.24, 2.45) is 0 Å². The first kappa shape index (κ1) is 14.4. The van der Waals surface area contributed by atoms with Crippen LogP contribution < -0.4 is 0 Å². The van der Waals surface area contributed by atoms with E-state index in [0.717, 1.165) is 0 Å². The highest BCUT2D eigenvalue weighted by Crippen LogP contribution is 2.56. The maximum absolute atomic E-state index is 12.2. The van der Waals surface area contributed by atoms with E-state index in [1.165, 1.54) is 0 Å². The third-order valence-corrected chi connectivity index (χ3v) is 3.59. The van der Waals surface area contributed by atoms with Gasteiger partial charge in [-0.2, -0.15) is 0 Å². The Balaban J connectivity index is 4.69. The highest BCUT2D eigenvalue weighted by atomic mass is 31.2. The Hall–Kier alpha value is -0.570. The van der Waals surface area contributed by atoms with E-state index in [9.17, 15) is 4.57 Å². The molecule has 0 aliphatic rings. The van der Waals surface area contributed by atoms with Crippen LogP contribution in [0, 0.1) is 0 Å². The molecule has 5 heteroatoms. The Morgan fingerprint density at radius 3 is 2.20 bits per heavy atom. The first-order valence-electron chi connectivity index (χ1n) is 4.94. The molecule has 0 saturated carbocycles. The summed E-state index contributed by atoms with van der Waals surface area (Å²) in [4.78, 5) is 0. The second-order valence-electron chi connectivity index (χ2n) is 2.56. The van der Waals surface area contributed by atoms with Crippen LogP contribution >= 0.6 is 7.60 Å². The van der Waals surface area contributed by atoms with Crippen molar-refractivity contribution in [1.29, 1.82) is 0 Å². The Morgan fingerprint density at radius 2 is 1.87 bits per heavy atom. The topological polar surface area (TPSA) is 44.8 Å². The minimum atomic E-state index is -3.27. The molecule has 0 N–H and O–H groups in total. The van der Waals surface area contributed by atoms with Crippen molar-refractivity contribution in [3.8, 4) is 0 Å². The molecular weight excluding hydrogens is 215 g/mol. The highest BCUT2D eigenvalue weighted by Gasteiger charge is 2.30. The molecule has 0 aromatic heterocycles. The molecule has 0 fully saturated rings. The summed E-state index contributed by atoms with van der Waals surface area (Å²) in [6.45, 7) is 9.66. The normalized spacial score (nSPS) is 12.6. The van der Waals surface area contributed by atoms with Crippen LogP contribution in [0.1, 0.15) is 20.8 Å². The zero-order valence-electron chi connectivity index (χ0n) is 9.56. The number of hydrogen-bond donors (Lipinski definition) is 0. The van der Waals surface area contributed by atoms with Gasteiger partial charge in [0.2, 0.25) is 5.50 Å². The fraction of sp³-hybridized carbons (Fsp3) is 0.600. The molecule has 0 aliphatic heterocycles. The number of rotatable bonds is 8. The molecule has 0 radical (unpaired) electrons. The Morgan fingerprint density at radius 1 is 1.33 bits per heavy atom. The van der Waals surface area contributed by atoms with Gasteiger partial charge in [0.1, 0.15) is 6.61 Å². The van der Waals surface area contributed by atoms with E-state index in [-0.39, 0.29) is 12.1 Å². The smallest absolute Gasteiger partial charge is 0.395 e. The average molecular weight is 234 g/mol. The van der Waals surface area contributed by atoms with E-state index >= 15 is 0 Å². The van der Waals surface area contributed by atoms with Crippen LogP contribution in [0.15, 0.2) is 24.2 Å². The summed E-state index contributed by atoms with van der Waals surface area (Å²) in [5.74, 6) is 0. The second kappa shape index (κ2) is 7.69. The summed E-state index contributed by atoms with van der Waals surface area (Å²) in [6.07, 6.45) is 3.17. The third kappa shape index (κ3) is 4.65. The lowest BCUT2D eigenvalue weighted by Gasteiger charge is -2.19. The van der Waals surface area contributed by atoms with E-state index in [1.807, 2.05) is 0 Å². The van der Waals surface area contributed by atoms with Gasteiger partial charge in [-0.15, -0.1) is 0 Å². The summed E-state index contributed by atoms with van der Waals surface area (Å²) in [5, 5.41) is 0. The molecule has 0 atom stereocenters. The number of hydrogen-bond acceptors (Lipinski definition) is 4. The molecule has 0 unspecified atom stereocenters. The molecular formula is C10H19O4P. The molecule has 0 aromatic rings. The van der Waals surface area contributed by atoms with Gasteiger partial charge in [0.05, 0.1) is 13.2 Å². The van der Waals surface area contributed by atoms with Gasteiger partial charge < -0.3 is 13.8 Å². The highest BCUT2D eigenvalue weighted by molar-refractivity contribution is 7.58. The molecule has 0 saturated heterocycles. The second-order valence-corrected chi connectivity index (χ2v) is 4.51. The maximum Gasteiger partial charge on any atom is 0.395 e. The van der Waals surface area contributed by atoms with Gasteiger partial charge in [-0.25, -0.2) is 0 Å². The van der Waals surface area contributed by atoms with E-state index in [4.69, 9.17) is 13.8 Å². The quantitative estimate of drug-likeness (QED) is 0.367. The zero-order chi connectivity index (χ0) is 11.7. The molecule has 0 heterocycles. The molecule has 15 heavy (non-hydrogen) atoms. The minimum absolute atomic E-state index is 0.242. The van der Waals surface area contributed by atoms with Crippen LogP contribution in [0.3, 0.4) is 0 Å². The molecule has 0 rings (SSSR count). The molecule has 0 bridgehead atoms. The van der Waals surface area contributed by atoms with Crippen molar-refractivity contribution in [1.82, 2.24) is 0 Å². The first-order chi connectivity index (χ1) is 7.14. The van der Waals surface area contributed by atoms with Gasteiger partial charge >= 0.3 is 7.60 Å². The first-order valence-corrected chi connectivity index (χ1v) is 6.48. The summed E-state index contributed by atoms with van der Waals surface area (Å²) in [7, 11) is -3.27. The summed E-state index contributed by atoms with van der Waals surface area (Å²) in [6, 6.07) is 0. The van der Waals surface area contributed by atoms with Crippen LogP contribution in [0.2, 0.25) is 0 Å². The largest absolute Gasteiger partial charge is 0.482 e. The van der Waals surface area contributed by atoms with Crippen LogP contribution in [0.5, 0.6) is 0 Å². The minimum Gasteiger partial charge on any atom is -0.482 e. The van der Waals surface area contributed by atoms with Gasteiger partial charge in [0.25, 0.3) is 0 Å². The van der Waals surface area contributed by atoms with Crippen molar-refractivity contribution in [3.05, 3.63) is 24.2 Å². The predicted octanol–water partition coefficient (Wildman–Crippen LogP) is 3.32. The lowest BCUT2D eigenvalue weighted by molar-refractivity contribution is 0.189. The maximum atomic E-state index is 12.2. The summed E-state index contributed by atoms with van der Waals surface area (Å²) in [5.41, 5.74) is 0.242. The van der Waals surface area contributed by atoms with Crippen LogP contribution in [0.4, 0.5) is 0 Å². The van der Waals surface area contributed by atoms with Crippen molar-refractivity contribution < 1.29 is 18.3 Å². The molecule has 0 amide bonds. The van der Waals surface area contributed by atoms with Crippen molar-refractivity contribution in [2.45, 2.75) is 20.8 Å². The molecule has 4 nitrogen and oxygen atoms in total. The summed E-state index contributed by atoms with van der Waals surface area (Å²) < 4.78 is 27.7. The molecule has 0 spiro atoms. The number of allylic oxidation sites excluding steroid dienone is 1. The fourth-order valence-electron chi connectivity index (χ4n) is 0.969. The predicted molar refractivity (Wildman–Crippen MR) is 60.8 cm³/mol. The third-order valence-electron chi connectivity index (χ3n) is 1.46. The van der Waals surface area contributed by atoms with Crippen LogP contribution in [-0.4, -0.2) is 19.8 Å². The van der Waals surface area contributed by atoms with E-state index in [2.05, 4.69) is 6.58 Å². The van der Waals surface area contributed by atoms with Crippen molar-refractivity contribution in [3.63, 3.8) is 0 Å². The Labute approximate surface area is 91.4 Å². The number of ether oxygens (including phenoxy) is 1. The van der Waals surface area contributed by atoms with Gasteiger partial charge in [-0.05, 0) is 26.8 Å². The Bertz CT molecular complexity index is 250. The van der Waals surface area contributed by atoms with Crippen LogP contribution in [-0.2, 0) is 18.3 Å². The monoisotopic (exact) mass is 234 g/mol. The molecule has 0 aromatic carbocycles. The van der Waals surface area contributed by atoms with E-state index in [0.29, 0.717) is 13.2 Å². The van der Waals surface area contributed by atoms with Crippen molar-refractivity contribution >= 4 is 7.60 Å². The summed E-state index contributed by atoms with van der Waals surface area (Å²) >= 11 is 0. The zero-order valence-corrected chi connectivity index (χ0v) is 10.5. The van der Waals surface area contributed by atoms with Crippen molar-refractivity contribution in [2.75, 3.05) is 19.8 Å². The van der Waals surface area contributed by atoms with Crippen LogP contribution in [0.25, 0.3) is 0 Å². The SMILES string of the molecule is C=CCO/C(=C\C)P(=O)(OCC)OCC. The lowest BCUT2D eigenvalue weighted by atomic mass is 10.7. The standard InChI is InChI=1S/C10H19O4P/c1-5-9-12-10(6-2)15(11,13-7-3)14-8-4/h5-6H,1,7-9H2,2-4H3/b10-6+. The van der Waals surface area contributed by atoms with Gasteiger partial charge in [0, 0.05) is 0 Å². The molecule has 88 valence electrons. The van der Waals surface area contributed by atoms with Gasteiger partial charge in [-0.1, -0.05) is 12.7 Å². The van der Waals surface area contributed by atoms with E-state index in [1.54, 1.807) is 32.9 Å². The van der Waals surface area contributed by atoms with Gasteiger partial charge in [-0.3, -0.25) is 4.57 Å². The average Bonchev–Trinajstić information content (AvgIpc) is 2.19. The molecule has 0 aliphatic carbocycles. The lowest BCUT2D eigenvalue weighted by Crippen LogP contribution is -2.02. The Kier molecular flexibility index (Phi) is 7.39.